The van der Waals surface area contributed by atoms with Crippen molar-refractivity contribution in [1.29, 1.82) is 0 Å². The normalized spacial score (nSPS) is 11.1. The predicted molar refractivity (Wildman–Crippen MR) is 87.5 cm³/mol. The molecule has 0 spiro atoms. The van der Waals surface area contributed by atoms with Crippen molar-refractivity contribution in [2.75, 3.05) is 7.11 Å². The molecule has 0 bridgehead atoms. The molecule has 3 aromatic rings. The van der Waals surface area contributed by atoms with Gasteiger partial charge in [-0.25, -0.2) is 0 Å². The molecule has 0 aliphatic rings. The highest BCUT2D eigenvalue weighted by Crippen LogP contribution is 2.40. The lowest BCUT2D eigenvalue weighted by Crippen LogP contribution is -1.86. The van der Waals surface area contributed by atoms with Crippen LogP contribution in [0.2, 0.25) is 0 Å². The van der Waals surface area contributed by atoms with Crippen molar-refractivity contribution in [3.05, 3.63) is 60.2 Å². The molecule has 3 rings (SSSR count). The molecule has 3 aromatic carbocycles. The molecule has 0 aliphatic carbocycles. The number of hydrogen-bond donors (Lipinski definition) is 2. The number of nitrogens with zero attached hydrogens (tertiary/aromatic N) is 1. The van der Waals surface area contributed by atoms with Gasteiger partial charge in [0, 0.05) is 11.8 Å². The summed E-state index contributed by atoms with van der Waals surface area (Å²) < 4.78 is 5.36. The monoisotopic (exact) mass is 293 g/mol. The van der Waals surface area contributed by atoms with Gasteiger partial charge in [0.1, 0.15) is 22.9 Å². The van der Waals surface area contributed by atoms with E-state index in [9.17, 15) is 10.2 Å². The molecule has 0 saturated carbocycles. The quantitative estimate of drug-likeness (QED) is 0.717. The maximum Gasteiger partial charge on any atom is 0.141 e. The summed E-state index contributed by atoms with van der Waals surface area (Å²) >= 11 is 0. The van der Waals surface area contributed by atoms with Crippen LogP contribution in [0.5, 0.6) is 17.2 Å². The van der Waals surface area contributed by atoms with Crippen LogP contribution in [-0.4, -0.2) is 23.5 Å². The molecular weight excluding hydrogens is 278 g/mol. The molecule has 2 N–H and O–H groups in total. The Kier molecular flexibility index (Phi) is 3.66. The van der Waals surface area contributed by atoms with E-state index in [0.717, 1.165) is 10.8 Å². The zero-order valence-electron chi connectivity index (χ0n) is 12.0. The Hall–Kier alpha value is -3.01. The summed E-state index contributed by atoms with van der Waals surface area (Å²) in [6, 6.07) is 15.9. The summed E-state index contributed by atoms with van der Waals surface area (Å²) in [7, 11) is 1.58. The number of hydrogen-bond acceptors (Lipinski definition) is 4. The Labute approximate surface area is 127 Å². The van der Waals surface area contributed by atoms with Gasteiger partial charge in [-0.15, -0.1) is 0 Å². The lowest BCUT2D eigenvalue weighted by Gasteiger charge is -2.09. The second-order valence-electron chi connectivity index (χ2n) is 4.81. The standard InChI is InChI=1S/C18H15NO3/c1-22-16-8-4-6-12-9-10-15(21)18(17(12)16)19-11-13-5-2-3-7-14(13)20/h2-11,20-21H,1H3. The summed E-state index contributed by atoms with van der Waals surface area (Å²) in [5, 5.41) is 21.6. The number of phenols is 2. The third-order valence-electron chi connectivity index (χ3n) is 3.45. The number of aromatic hydroxyl groups is 2. The van der Waals surface area contributed by atoms with Crippen molar-refractivity contribution >= 4 is 22.7 Å². The van der Waals surface area contributed by atoms with Crippen LogP contribution in [0.1, 0.15) is 5.56 Å². The Morgan fingerprint density at radius 2 is 1.73 bits per heavy atom. The van der Waals surface area contributed by atoms with E-state index in [-0.39, 0.29) is 11.5 Å². The van der Waals surface area contributed by atoms with Crippen LogP contribution >= 0.6 is 0 Å². The van der Waals surface area contributed by atoms with E-state index in [0.29, 0.717) is 17.0 Å². The van der Waals surface area contributed by atoms with Gasteiger partial charge in [-0.05, 0) is 29.7 Å². The second-order valence-corrected chi connectivity index (χ2v) is 4.81. The molecule has 0 aliphatic heterocycles. The van der Waals surface area contributed by atoms with E-state index in [1.807, 2.05) is 30.3 Å². The zero-order chi connectivity index (χ0) is 15.5. The molecule has 0 amide bonds. The Bertz CT molecular complexity index is 856. The molecule has 0 atom stereocenters. The lowest BCUT2D eigenvalue weighted by atomic mass is 10.1. The average Bonchev–Trinajstić information content (AvgIpc) is 2.55. The predicted octanol–water partition coefficient (Wildman–Crippen LogP) is 4.01. The minimum atomic E-state index is 0.0590. The molecule has 0 fully saturated rings. The second kappa shape index (κ2) is 5.77. The van der Waals surface area contributed by atoms with Gasteiger partial charge in [0.15, 0.2) is 0 Å². The molecule has 0 saturated heterocycles. The van der Waals surface area contributed by atoms with E-state index >= 15 is 0 Å². The van der Waals surface area contributed by atoms with Gasteiger partial charge in [0.25, 0.3) is 0 Å². The Morgan fingerprint density at radius 3 is 2.50 bits per heavy atom. The summed E-state index contributed by atoms with van der Waals surface area (Å²) in [6.07, 6.45) is 1.52. The largest absolute Gasteiger partial charge is 0.507 e. The first-order valence-electron chi connectivity index (χ1n) is 6.81. The van der Waals surface area contributed by atoms with E-state index in [1.165, 1.54) is 6.21 Å². The number of para-hydroxylation sites is 1. The van der Waals surface area contributed by atoms with Crippen molar-refractivity contribution in [1.82, 2.24) is 0 Å². The lowest BCUT2D eigenvalue weighted by molar-refractivity contribution is 0.419. The van der Waals surface area contributed by atoms with Gasteiger partial charge in [-0.1, -0.05) is 30.3 Å². The number of methoxy groups -OCH3 is 1. The van der Waals surface area contributed by atoms with Gasteiger partial charge in [-0.2, -0.15) is 0 Å². The molecule has 4 nitrogen and oxygen atoms in total. The van der Waals surface area contributed by atoms with E-state index in [1.54, 1.807) is 31.4 Å². The molecular formula is C18H15NO3. The van der Waals surface area contributed by atoms with Gasteiger partial charge >= 0.3 is 0 Å². The van der Waals surface area contributed by atoms with Crippen LogP contribution in [0.4, 0.5) is 5.69 Å². The molecule has 0 heterocycles. The van der Waals surface area contributed by atoms with Crippen molar-refractivity contribution < 1.29 is 14.9 Å². The van der Waals surface area contributed by atoms with Crippen LogP contribution < -0.4 is 4.74 Å². The SMILES string of the molecule is COc1cccc2ccc(O)c(N=Cc3ccccc3O)c12. The molecule has 0 unspecified atom stereocenters. The highest BCUT2D eigenvalue weighted by molar-refractivity contribution is 6.02. The van der Waals surface area contributed by atoms with Crippen molar-refractivity contribution in [2.45, 2.75) is 0 Å². The third kappa shape index (κ3) is 2.46. The maximum absolute atomic E-state index is 10.1. The fraction of sp³-hybridized carbons (Fsp3) is 0.0556. The number of ether oxygens (including phenoxy) is 1. The molecule has 22 heavy (non-hydrogen) atoms. The number of benzene rings is 3. The fourth-order valence-electron chi connectivity index (χ4n) is 2.35. The van der Waals surface area contributed by atoms with Gasteiger partial charge in [-0.3, -0.25) is 4.99 Å². The van der Waals surface area contributed by atoms with Crippen LogP contribution in [-0.2, 0) is 0 Å². The van der Waals surface area contributed by atoms with Gasteiger partial charge < -0.3 is 14.9 Å². The third-order valence-corrected chi connectivity index (χ3v) is 3.45. The first kappa shape index (κ1) is 13.9. The molecule has 4 heteroatoms. The minimum absolute atomic E-state index is 0.0590. The highest BCUT2D eigenvalue weighted by atomic mass is 16.5. The van der Waals surface area contributed by atoms with E-state index in [2.05, 4.69) is 4.99 Å². The van der Waals surface area contributed by atoms with Crippen LogP contribution in [0.25, 0.3) is 10.8 Å². The number of phenolic OH excluding ortho intramolecular Hbond substituents is 2. The first-order valence-corrected chi connectivity index (χ1v) is 6.81. The Balaban J connectivity index is 2.18. The number of fused-ring (bicyclic) bond motifs is 1. The van der Waals surface area contributed by atoms with Gasteiger partial charge in [0.2, 0.25) is 0 Å². The summed E-state index contributed by atoms with van der Waals surface area (Å²) in [5.74, 6) is 0.833. The molecule has 0 radical (unpaired) electrons. The summed E-state index contributed by atoms with van der Waals surface area (Å²) in [6.45, 7) is 0. The van der Waals surface area contributed by atoms with Crippen molar-refractivity contribution in [2.24, 2.45) is 4.99 Å². The highest BCUT2D eigenvalue weighted by Gasteiger charge is 2.10. The van der Waals surface area contributed by atoms with Crippen LogP contribution in [0.3, 0.4) is 0 Å². The van der Waals surface area contributed by atoms with E-state index in [4.69, 9.17) is 4.74 Å². The Morgan fingerprint density at radius 1 is 0.909 bits per heavy atom. The van der Waals surface area contributed by atoms with E-state index < -0.39 is 0 Å². The molecule has 110 valence electrons. The van der Waals surface area contributed by atoms with Crippen molar-refractivity contribution in [3.8, 4) is 17.2 Å². The van der Waals surface area contributed by atoms with Crippen molar-refractivity contribution in [3.63, 3.8) is 0 Å². The summed E-state index contributed by atoms with van der Waals surface area (Å²) in [5.41, 5.74) is 0.993. The first-order chi connectivity index (χ1) is 10.7. The average molecular weight is 293 g/mol. The minimum Gasteiger partial charge on any atom is -0.507 e. The fourth-order valence-corrected chi connectivity index (χ4v) is 2.35. The van der Waals surface area contributed by atoms with Crippen LogP contribution in [0.15, 0.2) is 59.6 Å². The molecule has 0 aromatic heterocycles. The smallest absolute Gasteiger partial charge is 0.141 e. The topological polar surface area (TPSA) is 62.0 Å². The van der Waals surface area contributed by atoms with Crippen LogP contribution in [0, 0.1) is 0 Å². The number of rotatable bonds is 3. The summed E-state index contributed by atoms with van der Waals surface area (Å²) in [4.78, 5) is 4.36. The number of aliphatic imine (C=N–C) groups is 1. The maximum atomic E-state index is 10.1. The van der Waals surface area contributed by atoms with Gasteiger partial charge in [0.05, 0.1) is 12.5 Å². The zero-order valence-corrected chi connectivity index (χ0v) is 12.0.